The number of likely N-dealkylation sites (N-methyl/N-ethyl adjacent to an activating group) is 1. The Hall–Kier alpha value is -0.610. The molecule has 3 atom stereocenters. The molecule has 98 valence electrons. The predicted octanol–water partition coefficient (Wildman–Crippen LogP) is 0.395. The number of hydrogen-bond acceptors (Lipinski definition) is 3. The number of piperazine rings is 1. The van der Waals surface area contributed by atoms with E-state index in [4.69, 9.17) is 0 Å². The molecule has 1 amide bonds. The summed E-state index contributed by atoms with van der Waals surface area (Å²) >= 11 is 0. The van der Waals surface area contributed by atoms with Gasteiger partial charge in [0.15, 0.2) is 0 Å². The van der Waals surface area contributed by atoms with Gasteiger partial charge in [-0.15, -0.1) is 0 Å². The van der Waals surface area contributed by atoms with Gasteiger partial charge in [0.05, 0.1) is 5.92 Å². The third-order valence-corrected chi connectivity index (χ3v) is 4.39. The topological polar surface area (TPSA) is 35.6 Å². The summed E-state index contributed by atoms with van der Waals surface area (Å²) in [7, 11) is 2.16. The number of rotatable bonds is 2. The van der Waals surface area contributed by atoms with E-state index < -0.39 is 0 Å². The number of carbonyl (C=O) groups is 1. The summed E-state index contributed by atoms with van der Waals surface area (Å²) in [4.78, 5) is 16.9. The molecular formula is C13H25N3O. The van der Waals surface area contributed by atoms with Crippen molar-refractivity contribution < 1.29 is 4.79 Å². The highest BCUT2D eigenvalue weighted by Crippen LogP contribution is 2.21. The van der Waals surface area contributed by atoms with Gasteiger partial charge in [0.2, 0.25) is 5.91 Å². The number of amides is 1. The monoisotopic (exact) mass is 239 g/mol. The summed E-state index contributed by atoms with van der Waals surface area (Å²) in [6.07, 6.45) is 1.12. The second kappa shape index (κ2) is 5.36. The largest absolute Gasteiger partial charge is 0.340 e. The van der Waals surface area contributed by atoms with Gasteiger partial charge in [-0.1, -0.05) is 13.8 Å². The highest BCUT2D eigenvalue weighted by Gasteiger charge is 2.35. The first kappa shape index (κ1) is 12.8. The molecule has 2 saturated heterocycles. The van der Waals surface area contributed by atoms with Crippen molar-refractivity contribution in [2.24, 2.45) is 11.8 Å². The lowest BCUT2D eigenvalue weighted by molar-refractivity contribution is -0.138. The zero-order valence-corrected chi connectivity index (χ0v) is 11.3. The van der Waals surface area contributed by atoms with Crippen LogP contribution < -0.4 is 5.32 Å². The lowest BCUT2D eigenvalue weighted by Gasteiger charge is -2.40. The highest BCUT2D eigenvalue weighted by atomic mass is 16.2. The molecule has 0 aromatic heterocycles. The smallest absolute Gasteiger partial charge is 0.227 e. The van der Waals surface area contributed by atoms with Gasteiger partial charge in [0.25, 0.3) is 0 Å². The van der Waals surface area contributed by atoms with Crippen molar-refractivity contribution in [2.45, 2.75) is 26.3 Å². The fraction of sp³-hybridized carbons (Fsp3) is 0.923. The number of nitrogens with one attached hydrogen (secondary N) is 1. The molecule has 1 unspecified atom stereocenters. The van der Waals surface area contributed by atoms with Crippen molar-refractivity contribution in [1.82, 2.24) is 15.1 Å². The molecule has 17 heavy (non-hydrogen) atoms. The summed E-state index contributed by atoms with van der Waals surface area (Å²) < 4.78 is 0. The quantitative estimate of drug-likeness (QED) is 0.757. The Morgan fingerprint density at radius 3 is 2.71 bits per heavy atom. The van der Waals surface area contributed by atoms with Crippen LogP contribution in [0.25, 0.3) is 0 Å². The third-order valence-electron chi connectivity index (χ3n) is 4.39. The van der Waals surface area contributed by atoms with E-state index in [2.05, 4.69) is 36.0 Å². The summed E-state index contributed by atoms with van der Waals surface area (Å²) in [6, 6.07) is 0.539. The molecule has 0 aromatic rings. The van der Waals surface area contributed by atoms with Crippen LogP contribution in [0.2, 0.25) is 0 Å². The maximum Gasteiger partial charge on any atom is 0.227 e. The first-order valence-electron chi connectivity index (χ1n) is 6.83. The number of hydrogen-bond donors (Lipinski definition) is 1. The molecule has 0 aliphatic carbocycles. The Balaban J connectivity index is 1.95. The molecule has 4 nitrogen and oxygen atoms in total. The SMILES string of the molecule is CCC1CN(C(=O)[C@@H]2CNC[C@H]2C)CCN1C. The minimum Gasteiger partial charge on any atom is -0.340 e. The van der Waals surface area contributed by atoms with E-state index >= 15 is 0 Å². The second-order valence-corrected chi connectivity index (χ2v) is 5.57. The molecule has 4 heteroatoms. The molecular weight excluding hydrogens is 214 g/mol. The van der Waals surface area contributed by atoms with E-state index in [9.17, 15) is 4.79 Å². The van der Waals surface area contributed by atoms with Gasteiger partial charge in [0.1, 0.15) is 0 Å². The van der Waals surface area contributed by atoms with Gasteiger partial charge in [-0.05, 0) is 25.9 Å². The van der Waals surface area contributed by atoms with Gasteiger partial charge in [-0.3, -0.25) is 9.69 Å². The average molecular weight is 239 g/mol. The first-order valence-corrected chi connectivity index (χ1v) is 6.83. The van der Waals surface area contributed by atoms with Crippen molar-refractivity contribution in [3.05, 3.63) is 0 Å². The van der Waals surface area contributed by atoms with Crippen LogP contribution in [0.3, 0.4) is 0 Å². The molecule has 0 bridgehead atoms. The number of carbonyl (C=O) groups excluding carboxylic acids is 1. The van der Waals surface area contributed by atoms with Crippen LogP contribution in [0.15, 0.2) is 0 Å². The molecule has 0 aromatic carbocycles. The van der Waals surface area contributed by atoms with E-state index in [0.29, 0.717) is 17.9 Å². The van der Waals surface area contributed by atoms with Gasteiger partial charge >= 0.3 is 0 Å². The van der Waals surface area contributed by atoms with Crippen molar-refractivity contribution in [1.29, 1.82) is 0 Å². The zero-order valence-electron chi connectivity index (χ0n) is 11.3. The van der Waals surface area contributed by atoms with Gasteiger partial charge in [-0.25, -0.2) is 0 Å². The van der Waals surface area contributed by atoms with Gasteiger partial charge in [0, 0.05) is 32.2 Å². The molecule has 2 rings (SSSR count). The van der Waals surface area contributed by atoms with Crippen LogP contribution in [0, 0.1) is 11.8 Å². The summed E-state index contributed by atoms with van der Waals surface area (Å²) in [5, 5.41) is 3.32. The molecule has 2 aliphatic heterocycles. The summed E-state index contributed by atoms with van der Waals surface area (Å²) in [5.74, 6) is 1.06. The maximum absolute atomic E-state index is 12.4. The lowest BCUT2D eigenvalue weighted by Crippen LogP contribution is -2.54. The molecule has 0 radical (unpaired) electrons. The van der Waals surface area contributed by atoms with E-state index in [0.717, 1.165) is 39.1 Å². The van der Waals surface area contributed by atoms with Crippen LogP contribution in [0.5, 0.6) is 0 Å². The standard InChI is InChI=1S/C13H25N3O/c1-4-11-9-16(6-5-15(11)3)13(17)12-8-14-7-10(12)2/h10-12,14H,4-9H2,1-3H3/t10-,11?,12-/m1/s1. The van der Waals surface area contributed by atoms with Crippen molar-refractivity contribution >= 4 is 5.91 Å². The Morgan fingerprint density at radius 1 is 1.35 bits per heavy atom. The molecule has 2 heterocycles. The summed E-state index contributed by atoms with van der Waals surface area (Å²) in [5.41, 5.74) is 0. The Kier molecular flexibility index (Phi) is 4.05. The Labute approximate surface area is 104 Å². The van der Waals surface area contributed by atoms with E-state index in [-0.39, 0.29) is 5.92 Å². The molecule has 2 fully saturated rings. The zero-order chi connectivity index (χ0) is 12.4. The normalized spacial score (nSPS) is 35.2. The van der Waals surface area contributed by atoms with Crippen LogP contribution in [0.1, 0.15) is 20.3 Å². The minimum atomic E-state index is 0.205. The van der Waals surface area contributed by atoms with E-state index in [1.165, 1.54) is 0 Å². The third kappa shape index (κ3) is 2.63. The van der Waals surface area contributed by atoms with Gasteiger partial charge < -0.3 is 10.2 Å². The molecule has 1 N–H and O–H groups in total. The Morgan fingerprint density at radius 2 is 2.12 bits per heavy atom. The highest BCUT2D eigenvalue weighted by molar-refractivity contribution is 5.80. The molecule has 2 aliphatic rings. The Bertz CT molecular complexity index is 282. The fourth-order valence-electron chi connectivity index (χ4n) is 2.96. The summed E-state index contributed by atoms with van der Waals surface area (Å²) in [6.45, 7) is 9.05. The predicted molar refractivity (Wildman–Crippen MR) is 68.8 cm³/mol. The fourth-order valence-corrected chi connectivity index (χ4v) is 2.96. The van der Waals surface area contributed by atoms with Crippen LogP contribution in [-0.2, 0) is 4.79 Å². The van der Waals surface area contributed by atoms with Crippen molar-refractivity contribution in [3.63, 3.8) is 0 Å². The first-order chi connectivity index (χ1) is 8.13. The molecule has 0 saturated carbocycles. The van der Waals surface area contributed by atoms with Crippen LogP contribution >= 0.6 is 0 Å². The second-order valence-electron chi connectivity index (χ2n) is 5.57. The van der Waals surface area contributed by atoms with Crippen LogP contribution in [-0.4, -0.2) is 61.5 Å². The molecule has 0 spiro atoms. The van der Waals surface area contributed by atoms with Crippen molar-refractivity contribution in [3.8, 4) is 0 Å². The van der Waals surface area contributed by atoms with Crippen LogP contribution in [0.4, 0.5) is 0 Å². The van der Waals surface area contributed by atoms with E-state index in [1.54, 1.807) is 0 Å². The number of nitrogens with zero attached hydrogens (tertiary/aromatic N) is 2. The van der Waals surface area contributed by atoms with E-state index in [1.807, 2.05) is 0 Å². The average Bonchev–Trinajstić information content (AvgIpc) is 2.75. The van der Waals surface area contributed by atoms with Crippen molar-refractivity contribution in [2.75, 3.05) is 39.8 Å². The maximum atomic E-state index is 12.4. The minimum absolute atomic E-state index is 0.205. The lowest BCUT2D eigenvalue weighted by atomic mass is 9.95. The van der Waals surface area contributed by atoms with Gasteiger partial charge in [-0.2, -0.15) is 0 Å².